The zero-order chi connectivity index (χ0) is 24.9. The van der Waals surface area contributed by atoms with Crippen LogP contribution in [0.1, 0.15) is 50.4 Å². The van der Waals surface area contributed by atoms with Crippen LogP contribution in [-0.4, -0.2) is 58.4 Å². The summed E-state index contributed by atoms with van der Waals surface area (Å²) in [5.74, 6) is -2.82. The average molecular weight is 497 g/mol. The maximum Gasteiger partial charge on any atom is 0.306 e. The molecule has 0 bridgehead atoms. The predicted octanol–water partition coefficient (Wildman–Crippen LogP) is 2.61. The van der Waals surface area contributed by atoms with Gasteiger partial charge in [0.25, 0.3) is 5.91 Å². The number of rotatable bonds is 7. The molecule has 1 aliphatic heterocycles. The lowest BCUT2D eigenvalue weighted by Crippen LogP contribution is -2.58. The highest BCUT2D eigenvalue weighted by atomic mass is 35.5. The normalized spacial score (nSPS) is 17.6. The van der Waals surface area contributed by atoms with E-state index < -0.39 is 53.7 Å². The van der Waals surface area contributed by atoms with Gasteiger partial charge in [0.05, 0.1) is 12.5 Å². The van der Waals surface area contributed by atoms with Gasteiger partial charge in [0.1, 0.15) is 18.1 Å². The number of likely N-dealkylation sites (tertiary alicyclic amines) is 1. The third-order valence-corrected chi connectivity index (χ3v) is 5.64. The van der Waals surface area contributed by atoms with Crippen molar-refractivity contribution >= 4 is 46.9 Å². The highest BCUT2D eigenvalue weighted by molar-refractivity contribution is 6.35. The van der Waals surface area contributed by atoms with E-state index in [4.69, 9.17) is 33.6 Å². The number of carboxylic acid groups (broad SMARTS) is 1. The first kappa shape index (κ1) is 26.4. The summed E-state index contributed by atoms with van der Waals surface area (Å²) in [6.07, 6.45) is 0.359. The van der Waals surface area contributed by atoms with Crippen LogP contribution in [0.25, 0.3) is 0 Å². The minimum absolute atomic E-state index is 0.191. The molecule has 1 heterocycles. The van der Waals surface area contributed by atoms with Crippen LogP contribution in [0, 0.1) is 16.7 Å². The Kier molecular flexibility index (Phi) is 8.69. The van der Waals surface area contributed by atoms with Crippen molar-refractivity contribution in [3.8, 4) is 6.07 Å². The Labute approximate surface area is 202 Å². The van der Waals surface area contributed by atoms with Gasteiger partial charge >= 0.3 is 5.97 Å². The number of hydrogen-bond donors (Lipinski definition) is 3. The number of amides is 3. The summed E-state index contributed by atoms with van der Waals surface area (Å²) in [5, 5.41) is 23.7. The quantitative estimate of drug-likeness (QED) is 0.529. The fourth-order valence-corrected chi connectivity index (χ4v) is 4.11. The summed E-state index contributed by atoms with van der Waals surface area (Å²) < 4.78 is 0. The lowest BCUT2D eigenvalue weighted by atomic mass is 9.85. The summed E-state index contributed by atoms with van der Waals surface area (Å²) in [6, 6.07) is 3.04. The van der Waals surface area contributed by atoms with Gasteiger partial charge in [-0.05, 0) is 36.5 Å². The zero-order valence-corrected chi connectivity index (χ0v) is 20.0. The molecule has 3 atom stereocenters. The van der Waals surface area contributed by atoms with Gasteiger partial charge < -0.3 is 20.6 Å². The molecule has 3 N–H and O–H groups in total. The van der Waals surface area contributed by atoms with Crippen molar-refractivity contribution in [3.05, 3.63) is 33.8 Å². The van der Waals surface area contributed by atoms with Crippen LogP contribution in [0.3, 0.4) is 0 Å². The summed E-state index contributed by atoms with van der Waals surface area (Å²) in [6.45, 7) is 5.64. The number of nitrogens with zero attached hydrogens (tertiary/aromatic N) is 2. The van der Waals surface area contributed by atoms with E-state index in [1.165, 1.54) is 23.1 Å². The molecule has 0 aromatic heterocycles. The number of aliphatic carboxylic acids is 1. The van der Waals surface area contributed by atoms with Crippen molar-refractivity contribution in [1.82, 2.24) is 15.5 Å². The molecular formula is C22H26Cl2N4O5. The first-order valence-corrected chi connectivity index (χ1v) is 11.1. The van der Waals surface area contributed by atoms with E-state index in [0.717, 1.165) is 0 Å². The number of nitrogens with one attached hydrogen (secondary N) is 2. The highest BCUT2D eigenvalue weighted by Crippen LogP contribution is 2.27. The molecule has 178 valence electrons. The molecule has 0 radical (unpaired) electrons. The van der Waals surface area contributed by atoms with Crippen molar-refractivity contribution in [3.63, 3.8) is 0 Å². The van der Waals surface area contributed by atoms with Crippen molar-refractivity contribution < 1.29 is 24.3 Å². The lowest BCUT2D eigenvalue weighted by molar-refractivity contribution is -0.142. The van der Waals surface area contributed by atoms with E-state index in [1.807, 2.05) is 0 Å². The monoisotopic (exact) mass is 496 g/mol. The number of nitriles is 1. The van der Waals surface area contributed by atoms with Crippen LogP contribution < -0.4 is 10.6 Å². The summed E-state index contributed by atoms with van der Waals surface area (Å²) in [7, 11) is 0. The van der Waals surface area contributed by atoms with Gasteiger partial charge in [-0.25, -0.2) is 0 Å². The Hall–Kier alpha value is -2.83. The van der Waals surface area contributed by atoms with Crippen LogP contribution in [-0.2, 0) is 14.4 Å². The number of benzene rings is 1. The average Bonchev–Trinajstić information content (AvgIpc) is 3.18. The topological polar surface area (TPSA) is 140 Å². The number of carboxylic acids is 1. The lowest BCUT2D eigenvalue weighted by Gasteiger charge is -2.35. The van der Waals surface area contributed by atoms with Crippen LogP contribution in [0.5, 0.6) is 0 Å². The summed E-state index contributed by atoms with van der Waals surface area (Å²) in [5.41, 5.74) is -0.507. The molecule has 3 amide bonds. The van der Waals surface area contributed by atoms with Crippen LogP contribution in [0.2, 0.25) is 10.0 Å². The molecule has 1 aromatic rings. The standard InChI is InChI=1S/C22H26Cl2N4O5/c1-22(2,3)18(27-19(31)12-7-13(23)9-14(24)8-12)21(33)28-6-4-5-16(28)20(32)26-15(11-25)10-17(29)30/h7-9,15-16,18H,4-6,10H2,1-3H3,(H,26,32)(H,27,31)(H,29,30)/t15-,16-,18+/m0/s1. The highest BCUT2D eigenvalue weighted by Gasteiger charge is 2.42. The fraction of sp³-hybridized carbons (Fsp3) is 0.500. The number of halogens is 2. The second kappa shape index (κ2) is 10.9. The zero-order valence-electron chi connectivity index (χ0n) is 18.5. The third-order valence-electron chi connectivity index (χ3n) is 5.20. The van der Waals surface area contributed by atoms with E-state index in [-0.39, 0.29) is 15.6 Å². The Balaban J connectivity index is 2.22. The minimum Gasteiger partial charge on any atom is -0.481 e. The van der Waals surface area contributed by atoms with Crippen molar-refractivity contribution in [2.75, 3.05) is 6.54 Å². The molecule has 33 heavy (non-hydrogen) atoms. The second-order valence-corrected chi connectivity index (χ2v) is 9.78. The van der Waals surface area contributed by atoms with Gasteiger partial charge in [-0.2, -0.15) is 5.26 Å². The van der Waals surface area contributed by atoms with Gasteiger partial charge in [0.15, 0.2) is 0 Å². The molecule has 11 heteroatoms. The third kappa shape index (κ3) is 7.07. The molecular weight excluding hydrogens is 471 g/mol. The first-order chi connectivity index (χ1) is 15.3. The SMILES string of the molecule is CC(C)(C)[C@H](NC(=O)c1cc(Cl)cc(Cl)c1)C(=O)N1CCC[C@H]1C(=O)N[C@H](C#N)CC(=O)O. The minimum atomic E-state index is -1.22. The van der Waals surface area contributed by atoms with E-state index in [9.17, 15) is 19.2 Å². The molecule has 1 aliphatic rings. The molecule has 1 saturated heterocycles. The van der Waals surface area contributed by atoms with E-state index in [1.54, 1.807) is 26.8 Å². The van der Waals surface area contributed by atoms with Crippen LogP contribution in [0.4, 0.5) is 0 Å². The Morgan fingerprint density at radius 2 is 1.79 bits per heavy atom. The number of carbonyl (C=O) groups excluding carboxylic acids is 3. The Morgan fingerprint density at radius 1 is 1.18 bits per heavy atom. The number of hydrogen-bond acceptors (Lipinski definition) is 5. The fourth-order valence-electron chi connectivity index (χ4n) is 3.59. The smallest absolute Gasteiger partial charge is 0.306 e. The maximum absolute atomic E-state index is 13.5. The molecule has 0 spiro atoms. The van der Waals surface area contributed by atoms with Gasteiger partial charge in [-0.3, -0.25) is 19.2 Å². The van der Waals surface area contributed by atoms with Crippen molar-refractivity contribution in [2.45, 2.75) is 58.2 Å². The van der Waals surface area contributed by atoms with Gasteiger partial charge in [-0.1, -0.05) is 44.0 Å². The second-order valence-electron chi connectivity index (χ2n) is 8.91. The molecule has 0 unspecified atom stereocenters. The molecule has 2 rings (SSSR count). The molecule has 0 aliphatic carbocycles. The van der Waals surface area contributed by atoms with Gasteiger partial charge in [0, 0.05) is 22.2 Å². The number of carbonyl (C=O) groups is 4. The Bertz CT molecular complexity index is 966. The van der Waals surface area contributed by atoms with Crippen molar-refractivity contribution in [2.24, 2.45) is 5.41 Å². The van der Waals surface area contributed by atoms with E-state index in [0.29, 0.717) is 19.4 Å². The van der Waals surface area contributed by atoms with E-state index in [2.05, 4.69) is 10.6 Å². The molecule has 9 nitrogen and oxygen atoms in total. The summed E-state index contributed by atoms with van der Waals surface area (Å²) in [4.78, 5) is 51.3. The van der Waals surface area contributed by atoms with E-state index >= 15 is 0 Å². The maximum atomic E-state index is 13.5. The van der Waals surface area contributed by atoms with Gasteiger partial charge in [-0.15, -0.1) is 0 Å². The van der Waals surface area contributed by atoms with Crippen molar-refractivity contribution in [1.29, 1.82) is 5.26 Å². The van der Waals surface area contributed by atoms with Crippen LogP contribution in [0.15, 0.2) is 18.2 Å². The van der Waals surface area contributed by atoms with Gasteiger partial charge in [0.2, 0.25) is 11.8 Å². The summed E-state index contributed by atoms with van der Waals surface area (Å²) >= 11 is 12.0. The van der Waals surface area contributed by atoms with Crippen LogP contribution >= 0.6 is 23.2 Å². The first-order valence-electron chi connectivity index (χ1n) is 10.3. The predicted molar refractivity (Wildman–Crippen MR) is 122 cm³/mol. The molecule has 0 saturated carbocycles. The molecule has 1 fully saturated rings. The largest absolute Gasteiger partial charge is 0.481 e. The molecule has 1 aromatic carbocycles. The Morgan fingerprint density at radius 3 is 2.30 bits per heavy atom.